The Morgan fingerprint density at radius 1 is 1.32 bits per heavy atom. The third kappa shape index (κ3) is 2.92. The fourth-order valence-electron chi connectivity index (χ4n) is 1.86. The molecule has 0 radical (unpaired) electrons. The van der Waals surface area contributed by atoms with Gasteiger partial charge in [0.25, 0.3) is 0 Å². The maximum Gasteiger partial charge on any atom is 0.209 e. The molecule has 3 nitrogen and oxygen atoms in total. The Morgan fingerprint density at radius 2 is 2.05 bits per heavy atom. The topological polar surface area (TPSA) is 35.3 Å². The molecule has 0 fully saturated rings. The number of rotatable bonds is 3. The van der Waals surface area contributed by atoms with Gasteiger partial charge in [-0.2, -0.15) is 0 Å². The van der Waals surface area contributed by atoms with Crippen molar-refractivity contribution in [3.63, 3.8) is 0 Å². The van der Waals surface area contributed by atoms with E-state index in [1.807, 2.05) is 6.07 Å². The van der Waals surface area contributed by atoms with Crippen LogP contribution in [0.3, 0.4) is 0 Å². The molecule has 2 rings (SSSR count). The Morgan fingerprint density at radius 3 is 2.58 bits per heavy atom. The molecule has 0 aliphatic carbocycles. The molecule has 4 heteroatoms. The van der Waals surface area contributed by atoms with Crippen molar-refractivity contribution in [1.82, 2.24) is 4.98 Å². The summed E-state index contributed by atoms with van der Waals surface area (Å²) in [6.45, 7) is 6.51. The summed E-state index contributed by atoms with van der Waals surface area (Å²) >= 11 is 5.72. The van der Waals surface area contributed by atoms with Crippen molar-refractivity contribution in [2.75, 3.05) is 7.11 Å². The van der Waals surface area contributed by atoms with Gasteiger partial charge in [0, 0.05) is 0 Å². The monoisotopic (exact) mass is 279 g/mol. The van der Waals surface area contributed by atoms with Gasteiger partial charge in [0.15, 0.2) is 5.76 Å². The van der Waals surface area contributed by atoms with Crippen LogP contribution in [-0.2, 0) is 11.3 Å². The van der Waals surface area contributed by atoms with Crippen molar-refractivity contribution in [2.45, 2.75) is 32.1 Å². The minimum atomic E-state index is 0.0658. The molecule has 0 saturated heterocycles. The number of oxazole rings is 1. The molecular formula is C15H18ClNO2. The van der Waals surface area contributed by atoms with Crippen molar-refractivity contribution >= 4 is 11.6 Å². The third-order valence-electron chi connectivity index (χ3n) is 3.00. The first-order chi connectivity index (χ1) is 8.95. The summed E-state index contributed by atoms with van der Waals surface area (Å²) in [6, 6.07) is 6.11. The van der Waals surface area contributed by atoms with E-state index in [1.54, 1.807) is 13.3 Å². The lowest BCUT2D eigenvalue weighted by atomic mass is 9.86. The van der Waals surface area contributed by atoms with Crippen molar-refractivity contribution in [2.24, 2.45) is 0 Å². The molecule has 0 atom stereocenters. The summed E-state index contributed by atoms with van der Waals surface area (Å²) in [6.07, 6.45) is 1.68. The first-order valence-electron chi connectivity index (χ1n) is 6.15. The zero-order valence-corrected chi connectivity index (χ0v) is 12.4. The molecule has 1 aromatic heterocycles. The molecular weight excluding hydrogens is 262 g/mol. The molecule has 0 amide bonds. The van der Waals surface area contributed by atoms with E-state index in [4.69, 9.17) is 20.8 Å². The molecule has 19 heavy (non-hydrogen) atoms. The molecule has 0 unspecified atom stereocenters. The number of benzene rings is 1. The Labute approximate surface area is 118 Å². The van der Waals surface area contributed by atoms with Crippen LogP contribution in [0.1, 0.15) is 32.2 Å². The van der Waals surface area contributed by atoms with Crippen LogP contribution >= 0.6 is 11.6 Å². The SMILES string of the molecule is COc1ccc(C(C)(C)C)cc1-c1cnc(CCl)o1. The zero-order valence-electron chi connectivity index (χ0n) is 11.7. The Balaban J connectivity index is 2.53. The Kier molecular flexibility index (Phi) is 3.85. The predicted octanol–water partition coefficient (Wildman–Crippen LogP) is 4.39. The van der Waals surface area contributed by atoms with E-state index in [1.165, 1.54) is 5.56 Å². The summed E-state index contributed by atoms with van der Waals surface area (Å²) in [4.78, 5) is 4.12. The smallest absolute Gasteiger partial charge is 0.209 e. The summed E-state index contributed by atoms with van der Waals surface area (Å²) in [5.74, 6) is 2.23. The quantitative estimate of drug-likeness (QED) is 0.782. The third-order valence-corrected chi connectivity index (χ3v) is 3.23. The van der Waals surface area contributed by atoms with Gasteiger partial charge in [0.2, 0.25) is 5.89 Å². The van der Waals surface area contributed by atoms with Gasteiger partial charge in [-0.3, -0.25) is 0 Å². The zero-order chi connectivity index (χ0) is 14.0. The van der Waals surface area contributed by atoms with E-state index >= 15 is 0 Å². The van der Waals surface area contributed by atoms with E-state index in [0.717, 1.165) is 11.3 Å². The molecule has 0 bridgehead atoms. The molecule has 0 aliphatic rings. The van der Waals surface area contributed by atoms with Crippen LogP contribution in [0.5, 0.6) is 5.75 Å². The number of hydrogen-bond acceptors (Lipinski definition) is 3. The highest BCUT2D eigenvalue weighted by atomic mass is 35.5. The highest BCUT2D eigenvalue weighted by Crippen LogP contribution is 2.35. The van der Waals surface area contributed by atoms with Gasteiger partial charge >= 0.3 is 0 Å². The van der Waals surface area contributed by atoms with Crippen LogP contribution < -0.4 is 4.74 Å². The number of aromatic nitrogens is 1. The Hall–Kier alpha value is -1.48. The van der Waals surface area contributed by atoms with Gasteiger partial charge in [-0.25, -0.2) is 4.98 Å². The number of alkyl halides is 1. The molecule has 2 aromatic rings. The molecule has 0 N–H and O–H groups in total. The number of ether oxygens (including phenoxy) is 1. The van der Waals surface area contributed by atoms with Crippen molar-refractivity contribution in [1.29, 1.82) is 0 Å². The van der Waals surface area contributed by atoms with Gasteiger partial charge < -0.3 is 9.15 Å². The highest BCUT2D eigenvalue weighted by molar-refractivity contribution is 6.16. The first kappa shape index (κ1) is 13.9. The summed E-state index contributed by atoms with van der Waals surface area (Å²) in [5, 5.41) is 0. The summed E-state index contributed by atoms with van der Waals surface area (Å²) < 4.78 is 11.0. The minimum Gasteiger partial charge on any atom is -0.496 e. The van der Waals surface area contributed by atoms with Crippen LogP contribution in [0, 0.1) is 0 Å². The van der Waals surface area contributed by atoms with Crippen LogP contribution in [-0.4, -0.2) is 12.1 Å². The van der Waals surface area contributed by atoms with E-state index in [9.17, 15) is 0 Å². The van der Waals surface area contributed by atoms with Crippen LogP contribution in [0.25, 0.3) is 11.3 Å². The summed E-state index contributed by atoms with van der Waals surface area (Å²) in [7, 11) is 1.65. The van der Waals surface area contributed by atoms with E-state index in [0.29, 0.717) is 11.7 Å². The lowest BCUT2D eigenvalue weighted by Gasteiger charge is -2.20. The normalized spacial score (nSPS) is 11.6. The van der Waals surface area contributed by atoms with Gasteiger partial charge in [-0.05, 0) is 23.1 Å². The lowest BCUT2D eigenvalue weighted by molar-refractivity contribution is 0.413. The second kappa shape index (κ2) is 5.25. The fourth-order valence-corrected chi connectivity index (χ4v) is 1.99. The molecule has 1 aromatic carbocycles. The van der Waals surface area contributed by atoms with Crippen LogP contribution in [0.4, 0.5) is 0 Å². The largest absolute Gasteiger partial charge is 0.496 e. The van der Waals surface area contributed by atoms with Gasteiger partial charge in [0.05, 0.1) is 24.8 Å². The predicted molar refractivity (Wildman–Crippen MR) is 76.7 cm³/mol. The molecule has 102 valence electrons. The molecule has 0 spiro atoms. The highest BCUT2D eigenvalue weighted by Gasteiger charge is 2.18. The fraction of sp³-hybridized carbons (Fsp3) is 0.400. The van der Waals surface area contributed by atoms with Crippen molar-refractivity contribution < 1.29 is 9.15 Å². The Bertz CT molecular complexity index is 570. The van der Waals surface area contributed by atoms with Crippen molar-refractivity contribution in [3.8, 4) is 17.1 Å². The van der Waals surface area contributed by atoms with Crippen molar-refractivity contribution in [3.05, 3.63) is 35.9 Å². The average molecular weight is 280 g/mol. The van der Waals surface area contributed by atoms with Gasteiger partial charge in [0.1, 0.15) is 5.75 Å². The number of halogens is 1. The second-order valence-electron chi connectivity index (χ2n) is 5.42. The van der Waals surface area contributed by atoms with Gasteiger partial charge in [-0.15, -0.1) is 11.6 Å². The minimum absolute atomic E-state index is 0.0658. The number of methoxy groups -OCH3 is 1. The standard InChI is InChI=1S/C15H18ClNO2/c1-15(2,3)10-5-6-12(18-4)11(7-10)13-9-17-14(8-16)19-13/h5-7,9H,8H2,1-4H3. The first-order valence-corrected chi connectivity index (χ1v) is 6.68. The van der Waals surface area contributed by atoms with E-state index < -0.39 is 0 Å². The number of hydrogen-bond donors (Lipinski definition) is 0. The van der Waals surface area contributed by atoms with E-state index in [-0.39, 0.29) is 11.3 Å². The maximum absolute atomic E-state index is 5.72. The molecule has 1 heterocycles. The maximum atomic E-state index is 5.72. The molecule has 0 aliphatic heterocycles. The summed E-state index contributed by atoms with van der Waals surface area (Å²) in [5.41, 5.74) is 2.18. The molecule has 0 saturated carbocycles. The van der Waals surface area contributed by atoms with E-state index in [2.05, 4.69) is 37.9 Å². The number of nitrogens with zero attached hydrogens (tertiary/aromatic N) is 1. The van der Waals surface area contributed by atoms with Crippen LogP contribution in [0.2, 0.25) is 0 Å². The average Bonchev–Trinajstić information content (AvgIpc) is 2.85. The lowest BCUT2D eigenvalue weighted by Crippen LogP contribution is -2.11. The second-order valence-corrected chi connectivity index (χ2v) is 5.68. The van der Waals surface area contributed by atoms with Gasteiger partial charge in [-0.1, -0.05) is 26.8 Å². The van der Waals surface area contributed by atoms with Crippen LogP contribution in [0.15, 0.2) is 28.8 Å².